The summed E-state index contributed by atoms with van der Waals surface area (Å²) in [5.41, 5.74) is 3.96. The monoisotopic (exact) mass is 355 g/mol. The highest BCUT2D eigenvalue weighted by atomic mass is 16.5. The molecule has 1 aromatic carbocycles. The predicted molar refractivity (Wildman–Crippen MR) is 101 cm³/mol. The van der Waals surface area contributed by atoms with Crippen molar-refractivity contribution in [2.24, 2.45) is 0 Å². The number of aromatic amines is 1. The van der Waals surface area contributed by atoms with Crippen LogP contribution in [-0.4, -0.2) is 33.5 Å². The average molecular weight is 355 g/mol. The molecule has 7 nitrogen and oxygen atoms in total. The standard InChI is InChI=1S/C19H25N5O2/c1-12-7-13(2)18-16(8-12)17(25)9-15(22-18)10-20-14(3)19-23-21-11-24(19)5-6-26-4/h7-9,11,14,20H,5-6,10H2,1-4H3,(H,22,25). The lowest BCUT2D eigenvalue weighted by molar-refractivity contribution is 0.185. The topological polar surface area (TPSA) is 84.8 Å². The molecule has 3 rings (SSSR count). The van der Waals surface area contributed by atoms with Gasteiger partial charge in [0.2, 0.25) is 0 Å². The Bertz CT molecular complexity index is 960. The van der Waals surface area contributed by atoms with E-state index in [-0.39, 0.29) is 11.5 Å². The number of nitrogens with one attached hydrogen (secondary N) is 2. The van der Waals surface area contributed by atoms with Crippen molar-refractivity contribution in [2.75, 3.05) is 13.7 Å². The Kier molecular flexibility index (Phi) is 5.49. The van der Waals surface area contributed by atoms with Crippen LogP contribution in [0.3, 0.4) is 0 Å². The Morgan fingerprint density at radius 1 is 1.31 bits per heavy atom. The molecule has 0 aliphatic heterocycles. The number of aryl methyl sites for hydroxylation is 2. The van der Waals surface area contributed by atoms with Crippen molar-refractivity contribution < 1.29 is 4.74 Å². The number of pyridine rings is 1. The van der Waals surface area contributed by atoms with E-state index in [1.165, 1.54) is 0 Å². The molecular formula is C19H25N5O2. The average Bonchev–Trinajstić information content (AvgIpc) is 3.07. The lowest BCUT2D eigenvalue weighted by Crippen LogP contribution is -2.23. The third kappa shape index (κ3) is 3.84. The van der Waals surface area contributed by atoms with Crippen LogP contribution in [0.2, 0.25) is 0 Å². The van der Waals surface area contributed by atoms with Crippen molar-refractivity contribution in [2.45, 2.75) is 39.9 Å². The molecule has 0 amide bonds. The number of aromatic nitrogens is 4. The summed E-state index contributed by atoms with van der Waals surface area (Å²) in [6.07, 6.45) is 1.70. The van der Waals surface area contributed by atoms with Crippen molar-refractivity contribution in [1.29, 1.82) is 0 Å². The highest BCUT2D eigenvalue weighted by molar-refractivity contribution is 5.82. The third-order valence-electron chi connectivity index (χ3n) is 4.50. The molecule has 0 saturated carbocycles. The van der Waals surface area contributed by atoms with Crippen molar-refractivity contribution in [3.8, 4) is 0 Å². The molecule has 26 heavy (non-hydrogen) atoms. The maximum absolute atomic E-state index is 12.5. The van der Waals surface area contributed by atoms with Crippen LogP contribution in [0.15, 0.2) is 29.3 Å². The van der Waals surface area contributed by atoms with Gasteiger partial charge in [0.25, 0.3) is 0 Å². The van der Waals surface area contributed by atoms with E-state index in [9.17, 15) is 4.79 Å². The van der Waals surface area contributed by atoms with Gasteiger partial charge < -0.3 is 19.6 Å². The number of fused-ring (bicyclic) bond motifs is 1. The van der Waals surface area contributed by atoms with Gasteiger partial charge in [0.1, 0.15) is 12.2 Å². The summed E-state index contributed by atoms with van der Waals surface area (Å²) in [7, 11) is 1.67. The Morgan fingerprint density at radius 2 is 2.12 bits per heavy atom. The highest BCUT2D eigenvalue weighted by Gasteiger charge is 2.13. The second-order valence-electron chi connectivity index (χ2n) is 6.64. The van der Waals surface area contributed by atoms with E-state index in [0.29, 0.717) is 19.7 Å². The van der Waals surface area contributed by atoms with Crippen molar-refractivity contribution in [3.63, 3.8) is 0 Å². The minimum Gasteiger partial charge on any atom is -0.383 e. The minimum absolute atomic E-state index is 0.00679. The normalized spacial score (nSPS) is 12.6. The number of hydrogen-bond donors (Lipinski definition) is 2. The van der Waals surface area contributed by atoms with Gasteiger partial charge in [-0.1, -0.05) is 6.07 Å². The Hall–Kier alpha value is -2.51. The molecule has 2 aromatic heterocycles. The zero-order valence-electron chi connectivity index (χ0n) is 15.7. The van der Waals surface area contributed by atoms with Crippen LogP contribution < -0.4 is 10.7 Å². The van der Waals surface area contributed by atoms with E-state index < -0.39 is 0 Å². The number of benzene rings is 1. The summed E-state index contributed by atoms with van der Waals surface area (Å²) in [5, 5.41) is 12.3. The number of hydrogen-bond acceptors (Lipinski definition) is 5. The zero-order valence-corrected chi connectivity index (χ0v) is 15.7. The largest absolute Gasteiger partial charge is 0.383 e. The number of nitrogens with zero attached hydrogens (tertiary/aromatic N) is 3. The van der Waals surface area contributed by atoms with Crippen molar-refractivity contribution >= 4 is 10.9 Å². The first-order chi connectivity index (χ1) is 12.5. The van der Waals surface area contributed by atoms with Crippen LogP contribution in [0.4, 0.5) is 0 Å². The first-order valence-corrected chi connectivity index (χ1v) is 8.72. The number of ether oxygens (including phenoxy) is 1. The van der Waals surface area contributed by atoms with Gasteiger partial charge in [0, 0.05) is 37.3 Å². The van der Waals surface area contributed by atoms with Gasteiger partial charge in [0.05, 0.1) is 18.2 Å². The fraction of sp³-hybridized carbons (Fsp3) is 0.421. The van der Waals surface area contributed by atoms with Gasteiger partial charge >= 0.3 is 0 Å². The van der Waals surface area contributed by atoms with E-state index in [1.54, 1.807) is 19.5 Å². The van der Waals surface area contributed by atoms with Crippen molar-refractivity contribution in [3.05, 3.63) is 57.4 Å². The molecular weight excluding hydrogens is 330 g/mol. The van der Waals surface area contributed by atoms with Gasteiger partial charge in [-0.25, -0.2) is 0 Å². The van der Waals surface area contributed by atoms with Crippen LogP contribution in [0, 0.1) is 13.8 Å². The van der Waals surface area contributed by atoms with Crippen LogP contribution >= 0.6 is 0 Å². The molecule has 0 aliphatic rings. The Morgan fingerprint density at radius 3 is 2.88 bits per heavy atom. The SMILES string of the molecule is COCCn1cnnc1C(C)NCc1cc(=O)c2cc(C)cc(C)c2[nH]1. The number of H-pyrrole nitrogens is 1. The van der Waals surface area contributed by atoms with Gasteiger partial charge in [-0.05, 0) is 38.0 Å². The molecule has 2 heterocycles. The molecule has 0 radical (unpaired) electrons. The lowest BCUT2D eigenvalue weighted by Gasteiger charge is -2.15. The second kappa shape index (κ2) is 7.80. The van der Waals surface area contributed by atoms with E-state index in [2.05, 4.69) is 26.6 Å². The molecule has 1 unspecified atom stereocenters. The van der Waals surface area contributed by atoms with Crippen LogP contribution in [-0.2, 0) is 17.8 Å². The molecule has 0 bridgehead atoms. The molecule has 2 N–H and O–H groups in total. The molecule has 0 aliphatic carbocycles. The predicted octanol–water partition coefficient (Wildman–Crippen LogP) is 2.23. The first-order valence-electron chi connectivity index (χ1n) is 8.72. The van der Waals surface area contributed by atoms with E-state index in [1.807, 2.05) is 31.4 Å². The second-order valence-corrected chi connectivity index (χ2v) is 6.64. The molecule has 0 fully saturated rings. The summed E-state index contributed by atoms with van der Waals surface area (Å²) < 4.78 is 7.09. The Balaban J connectivity index is 1.78. The molecule has 3 aromatic rings. The summed E-state index contributed by atoms with van der Waals surface area (Å²) in [4.78, 5) is 15.8. The molecule has 0 saturated heterocycles. The van der Waals surface area contributed by atoms with E-state index >= 15 is 0 Å². The molecule has 7 heteroatoms. The number of methoxy groups -OCH3 is 1. The Labute approximate surface area is 152 Å². The van der Waals surface area contributed by atoms with Crippen LogP contribution in [0.5, 0.6) is 0 Å². The summed E-state index contributed by atoms with van der Waals surface area (Å²) in [5.74, 6) is 0.844. The summed E-state index contributed by atoms with van der Waals surface area (Å²) in [6.45, 7) is 7.90. The molecule has 138 valence electrons. The molecule has 1 atom stereocenters. The van der Waals surface area contributed by atoms with E-state index in [0.717, 1.165) is 33.5 Å². The summed E-state index contributed by atoms with van der Waals surface area (Å²) in [6, 6.07) is 5.67. The van der Waals surface area contributed by atoms with Crippen LogP contribution in [0.1, 0.15) is 35.6 Å². The number of rotatable bonds is 7. The van der Waals surface area contributed by atoms with Gasteiger partial charge in [0.15, 0.2) is 5.43 Å². The first kappa shape index (κ1) is 18.3. The highest BCUT2D eigenvalue weighted by Crippen LogP contribution is 2.16. The fourth-order valence-corrected chi connectivity index (χ4v) is 3.17. The van der Waals surface area contributed by atoms with Gasteiger partial charge in [-0.15, -0.1) is 10.2 Å². The zero-order chi connectivity index (χ0) is 18.7. The van der Waals surface area contributed by atoms with Crippen molar-refractivity contribution in [1.82, 2.24) is 25.1 Å². The maximum atomic E-state index is 12.5. The quantitative estimate of drug-likeness (QED) is 0.679. The smallest absolute Gasteiger partial charge is 0.189 e. The van der Waals surface area contributed by atoms with Crippen LogP contribution in [0.25, 0.3) is 10.9 Å². The maximum Gasteiger partial charge on any atom is 0.189 e. The molecule has 0 spiro atoms. The minimum atomic E-state index is -0.00679. The summed E-state index contributed by atoms with van der Waals surface area (Å²) >= 11 is 0. The third-order valence-corrected chi connectivity index (χ3v) is 4.50. The van der Waals surface area contributed by atoms with Gasteiger partial charge in [-0.3, -0.25) is 4.79 Å². The fourth-order valence-electron chi connectivity index (χ4n) is 3.17. The van der Waals surface area contributed by atoms with Gasteiger partial charge in [-0.2, -0.15) is 0 Å². The lowest BCUT2D eigenvalue weighted by atomic mass is 10.1. The van der Waals surface area contributed by atoms with E-state index in [4.69, 9.17) is 4.74 Å².